The largest absolute Gasteiger partial charge is 0.481 e. The molecule has 0 aromatic rings. The van der Waals surface area contributed by atoms with Gasteiger partial charge in [0.1, 0.15) is 0 Å². The topological polar surface area (TPSA) is 49.3 Å². The van der Waals surface area contributed by atoms with Crippen molar-refractivity contribution in [3.63, 3.8) is 0 Å². The lowest BCUT2D eigenvalue weighted by atomic mass is 10.0. The lowest BCUT2D eigenvalue weighted by molar-refractivity contribution is -0.137. The van der Waals surface area contributed by atoms with Crippen molar-refractivity contribution < 1.29 is 9.90 Å². The molecule has 2 N–H and O–H groups in total. The molecule has 0 aromatic carbocycles. The maximum atomic E-state index is 10.5. The van der Waals surface area contributed by atoms with Crippen LogP contribution in [0.5, 0.6) is 0 Å². The molecule has 0 bridgehead atoms. The molecule has 0 atom stereocenters. The van der Waals surface area contributed by atoms with Gasteiger partial charge < -0.3 is 10.4 Å². The summed E-state index contributed by atoms with van der Waals surface area (Å²) >= 11 is 0. The molecule has 0 saturated carbocycles. The molecule has 0 amide bonds. The van der Waals surface area contributed by atoms with E-state index in [1.165, 1.54) is 225 Å². The Morgan fingerprint density at radius 3 is 0.791 bits per heavy atom. The van der Waals surface area contributed by atoms with Crippen molar-refractivity contribution in [3.05, 3.63) is 0 Å². The highest BCUT2D eigenvalue weighted by atomic mass is 16.4. The molecule has 0 aliphatic heterocycles. The van der Waals surface area contributed by atoms with Crippen molar-refractivity contribution in [1.82, 2.24) is 5.32 Å². The third-order valence-corrected chi connectivity index (χ3v) is 9.45. The van der Waals surface area contributed by atoms with Crippen LogP contribution in [-0.2, 0) is 4.79 Å². The highest BCUT2D eigenvalue weighted by Crippen LogP contribution is 2.16. The zero-order chi connectivity index (χ0) is 31.2. The van der Waals surface area contributed by atoms with Gasteiger partial charge >= 0.3 is 5.97 Å². The van der Waals surface area contributed by atoms with Crippen molar-refractivity contribution in [2.75, 3.05) is 13.1 Å². The number of carboxylic acids is 1. The van der Waals surface area contributed by atoms with Crippen LogP contribution < -0.4 is 5.32 Å². The maximum Gasteiger partial charge on any atom is 0.303 e. The summed E-state index contributed by atoms with van der Waals surface area (Å²) in [7, 11) is 0. The van der Waals surface area contributed by atoms with Crippen LogP contribution in [0.15, 0.2) is 0 Å². The Morgan fingerprint density at radius 2 is 0.558 bits per heavy atom. The molecule has 0 aliphatic carbocycles. The molecule has 0 unspecified atom stereocenters. The van der Waals surface area contributed by atoms with Crippen molar-refractivity contribution in [2.45, 2.75) is 238 Å². The summed E-state index contributed by atoms with van der Waals surface area (Å²) < 4.78 is 0. The quantitative estimate of drug-likeness (QED) is 0.0683. The van der Waals surface area contributed by atoms with E-state index in [4.69, 9.17) is 5.11 Å². The van der Waals surface area contributed by atoms with E-state index in [0.29, 0.717) is 6.42 Å². The van der Waals surface area contributed by atoms with Crippen LogP contribution >= 0.6 is 0 Å². The average Bonchev–Trinajstić information content (AvgIpc) is 3.00. The van der Waals surface area contributed by atoms with Crippen LogP contribution in [0.3, 0.4) is 0 Å². The van der Waals surface area contributed by atoms with Crippen LogP contribution in [0.25, 0.3) is 0 Å². The zero-order valence-corrected chi connectivity index (χ0v) is 29.7. The minimum atomic E-state index is -0.653. The molecule has 0 rings (SSSR count). The summed E-state index contributed by atoms with van der Waals surface area (Å²) in [4.78, 5) is 10.5. The van der Waals surface area contributed by atoms with E-state index in [1.54, 1.807) is 0 Å². The molecule has 0 aromatic heterocycles. The normalized spacial score (nSPS) is 11.5. The van der Waals surface area contributed by atoms with E-state index < -0.39 is 5.97 Å². The van der Waals surface area contributed by atoms with Crippen LogP contribution in [-0.4, -0.2) is 24.2 Å². The standard InChI is InChI=1S/C40H81NO2/c1-2-3-4-5-6-7-8-9-10-11-12-13-14-15-16-17-18-19-20-21-22-23-26-29-32-35-38-41-39-36-33-30-27-24-25-28-31-34-37-40(42)43/h41H,2-39H2,1H3,(H,42,43). The molecule has 258 valence electrons. The Balaban J connectivity index is 3.03. The second-order valence-electron chi connectivity index (χ2n) is 13.9. The Kier molecular flexibility index (Phi) is 38.9. The van der Waals surface area contributed by atoms with Crippen molar-refractivity contribution in [2.24, 2.45) is 0 Å². The lowest BCUT2D eigenvalue weighted by Crippen LogP contribution is -2.16. The first-order valence-electron chi connectivity index (χ1n) is 20.2. The van der Waals surface area contributed by atoms with Crippen molar-refractivity contribution in [1.29, 1.82) is 0 Å². The summed E-state index contributed by atoms with van der Waals surface area (Å²) in [5.41, 5.74) is 0. The van der Waals surface area contributed by atoms with Crippen LogP contribution in [0.2, 0.25) is 0 Å². The second kappa shape index (κ2) is 39.5. The van der Waals surface area contributed by atoms with Crippen molar-refractivity contribution >= 4 is 5.97 Å². The van der Waals surface area contributed by atoms with Gasteiger partial charge in [-0.2, -0.15) is 0 Å². The van der Waals surface area contributed by atoms with Crippen molar-refractivity contribution in [3.8, 4) is 0 Å². The molecule has 0 saturated heterocycles. The summed E-state index contributed by atoms with van der Waals surface area (Å²) in [6, 6.07) is 0. The van der Waals surface area contributed by atoms with Crippen LogP contribution in [0.1, 0.15) is 238 Å². The lowest BCUT2D eigenvalue weighted by Gasteiger charge is -2.06. The third kappa shape index (κ3) is 41.4. The monoisotopic (exact) mass is 608 g/mol. The van der Waals surface area contributed by atoms with Crippen LogP contribution in [0, 0.1) is 0 Å². The maximum absolute atomic E-state index is 10.5. The number of hydrogen-bond donors (Lipinski definition) is 2. The Morgan fingerprint density at radius 1 is 0.349 bits per heavy atom. The fourth-order valence-electron chi connectivity index (χ4n) is 6.45. The molecule has 0 aliphatic rings. The fraction of sp³-hybridized carbons (Fsp3) is 0.975. The molecular formula is C40H81NO2. The van der Waals surface area contributed by atoms with Gasteiger partial charge in [0.05, 0.1) is 0 Å². The molecule has 0 heterocycles. The number of unbranched alkanes of at least 4 members (excludes halogenated alkanes) is 33. The molecule has 0 radical (unpaired) electrons. The van der Waals surface area contributed by atoms with E-state index >= 15 is 0 Å². The van der Waals surface area contributed by atoms with E-state index in [0.717, 1.165) is 12.8 Å². The SMILES string of the molecule is CCCCCCCCCCCCCCCCCCCCCCCCCCCCNCCCCCCCCCCCC(=O)O. The van der Waals surface area contributed by atoms with Crippen LogP contribution in [0.4, 0.5) is 0 Å². The van der Waals surface area contributed by atoms with Gasteiger partial charge in [0.25, 0.3) is 0 Å². The minimum absolute atomic E-state index is 0.340. The molecule has 43 heavy (non-hydrogen) atoms. The van der Waals surface area contributed by atoms with Gasteiger partial charge in [-0.05, 0) is 32.4 Å². The Bertz CT molecular complexity index is 509. The van der Waals surface area contributed by atoms with Gasteiger partial charge in [0.15, 0.2) is 0 Å². The molecular weight excluding hydrogens is 526 g/mol. The van der Waals surface area contributed by atoms with Gasteiger partial charge in [-0.15, -0.1) is 0 Å². The highest BCUT2D eigenvalue weighted by molar-refractivity contribution is 5.66. The predicted octanol–water partition coefficient (Wildman–Crippen LogP) is 13.7. The summed E-state index contributed by atoms with van der Waals surface area (Å²) in [6.07, 6.45) is 49.4. The second-order valence-corrected chi connectivity index (χ2v) is 13.9. The Labute approximate surface area is 271 Å². The Hall–Kier alpha value is -0.570. The van der Waals surface area contributed by atoms with Gasteiger partial charge in [-0.1, -0.05) is 212 Å². The van der Waals surface area contributed by atoms with E-state index in [1.807, 2.05) is 0 Å². The van der Waals surface area contributed by atoms with Gasteiger partial charge in [0, 0.05) is 6.42 Å². The minimum Gasteiger partial charge on any atom is -0.481 e. The smallest absolute Gasteiger partial charge is 0.303 e. The first kappa shape index (κ1) is 42.4. The first-order chi connectivity index (χ1) is 21.3. The predicted molar refractivity (Wildman–Crippen MR) is 192 cm³/mol. The van der Waals surface area contributed by atoms with Gasteiger partial charge in [0.2, 0.25) is 0 Å². The number of hydrogen-bond acceptors (Lipinski definition) is 2. The van der Waals surface area contributed by atoms with E-state index in [9.17, 15) is 4.79 Å². The summed E-state index contributed by atoms with van der Waals surface area (Å²) in [5, 5.41) is 12.3. The number of rotatable bonds is 39. The van der Waals surface area contributed by atoms with Gasteiger partial charge in [-0.25, -0.2) is 0 Å². The number of aliphatic carboxylic acids is 1. The zero-order valence-electron chi connectivity index (χ0n) is 29.7. The molecule has 0 fully saturated rings. The molecule has 3 heteroatoms. The summed E-state index contributed by atoms with van der Waals surface area (Å²) in [5.74, 6) is -0.653. The third-order valence-electron chi connectivity index (χ3n) is 9.45. The number of carboxylic acid groups (broad SMARTS) is 1. The number of nitrogens with one attached hydrogen (secondary N) is 1. The fourth-order valence-corrected chi connectivity index (χ4v) is 6.45. The van der Waals surface area contributed by atoms with E-state index in [-0.39, 0.29) is 0 Å². The van der Waals surface area contributed by atoms with Gasteiger partial charge in [-0.3, -0.25) is 4.79 Å². The van der Waals surface area contributed by atoms with E-state index in [2.05, 4.69) is 12.2 Å². The molecule has 3 nitrogen and oxygen atoms in total. The average molecular weight is 608 g/mol. The molecule has 0 spiro atoms. The highest BCUT2D eigenvalue weighted by Gasteiger charge is 1.98. The first-order valence-corrected chi connectivity index (χ1v) is 20.2. The summed E-state index contributed by atoms with van der Waals surface area (Å²) in [6.45, 7) is 4.70. The number of carbonyl (C=O) groups is 1.